The molecule has 1 aromatic rings. The number of nitrogens with two attached hydrogens (primary N) is 1. The molecule has 6 heteroatoms. The second-order valence-electron chi connectivity index (χ2n) is 2.94. The van der Waals surface area contributed by atoms with Crippen LogP contribution in [-0.2, 0) is 11.3 Å². The number of anilines is 1. The van der Waals surface area contributed by atoms with Crippen molar-refractivity contribution in [1.29, 1.82) is 0 Å². The topological polar surface area (TPSA) is 64.3 Å². The third-order valence-electron chi connectivity index (χ3n) is 1.95. The molecule has 13 heavy (non-hydrogen) atoms. The maximum absolute atomic E-state index is 5.49. The number of nitrogen functional groups attached to an aromatic ring is 1. The summed E-state index contributed by atoms with van der Waals surface area (Å²) in [4.78, 5) is 6.38. The van der Waals surface area contributed by atoms with Crippen molar-refractivity contribution < 1.29 is 4.74 Å². The summed E-state index contributed by atoms with van der Waals surface area (Å²) in [5.41, 5.74) is 5.49. The molecule has 0 spiro atoms. The molecule has 72 valence electrons. The third kappa shape index (κ3) is 2.36. The summed E-state index contributed by atoms with van der Waals surface area (Å²) in [7, 11) is 0. The Balaban J connectivity index is 1.89. The highest BCUT2D eigenvalue weighted by atomic mass is 32.1. The Hall–Kier alpha value is -0.720. The van der Waals surface area contributed by atoms with Crippen molar-refractivity contribution in [3.63, 3.8) is 0 Å². The van der Waals surface area contributed by atoms with Crippen LogP contribution in [0, 0.1) is 0 Å². The molecule has 2 heterocycles. The molecule has 0 bridgehead atoms. The molecule has 1 aromatic heterocycles. The maximum Gasteiger partial charge on any atom is 0.199 e. The van der Waals surface area contributed by atoms with E-state index < -0.39 is 0 Å². The first-order valence-electron chi connectivity index (χ1n) is 4.23. The van der Waals surface area contributed by atoms with Gasteiger partial charge in [0.1, 0.15) is 0 Å². The molecule has 0 saturated carbocycles. The molecule has 1 fully saturated rings. The van der Waals surface area contributed by atoms with Crippen LogP contribution in [-0.4, -0.2) is 40.6 Å². The molecule has 1 aliphatic heterocycles. The fourth-order valence-electron chi connectivity index (χ4n) is 1.29. The summed E-state index contributed by atoms with van der Waals surface area (Å²) in [6.07, 6.45) is 0. The molecule has 2 rings (SSSR count). The van der Waals surface area contributed by atoms with Gasteiger partial charge in [0.2, 0.25) is 0 Å². The van der Waals surface area contributed by atoms with Gasteiger partial charge in [-0.05, 0) is 0 Å². The van der Waals surface area contributed by atoms with Crippen molar-refractivity contribution in [2.24, 2.45) is 0 Å². The molecule has 0 atom stereocenters. The van der Waals surface area contributed by atoms with E-state index in [-0.39, 0.29) is 0 Å². The monoisotopic (exact) mass is 200 g/mol. The smallest absolute Gasteiger partial charge is 0.199 e. The van der Waals surface area contributed by atoms with E-state index in [4.69, 9.17) is 10.5 Å². The predicted molar refractivity (Wildman–Crippen MR) is 50.4 cm³/mol. The van der Waals surface area contributed by atoms with Gasteiger partial charge in [0.05, 0.1) is 19.8 Å². The minimum Gasteiger partial charge on any atom is -0.379 e. The minimum absolute atomic E-state index is 0.545. The van der Waals surface area contributed by atoms with Crippen LogP contribution >= 0.6 is 11.5 Å². The summed E-state index contributed by atoms with van der Waals surface area (Å²) in [6, 6.07) is 0. The number of hydrogen-bond acceptors (Lipinski definition) is 6. The van der Waals surface area contributed by atoms with Crippen LogP contribution in [0.25, 0.3) is 0 Å². The number of ether oxygens (including phenoxy) is 1. The van der Waals surface area contributed by atoms with E-state index in [0.717, 1.165) is 38.7 Å². The minimum atomic E-state index is 0.545. The third-order valence-corrected chi connectivity index (χ3v) is 2.53. The van der Waals surface area contributed by atoms with Gasteiger partial charge in [-0.1, -0.05) is 0 Å². The van der Waals surface area contributed by atoms with E-state index in [0.29, 0.717) is 5.13 Å². The quantitative estimate of drug-likeness (QED) is 0.725. The zero-order valence-electron chi connectivity index (χ0n) is 7.27. The molecule has 0 amide bonds. The molecule has 0 radical (unpaired) electrons. The second-order valence-corrected chi connectivity index (χ2v) is 3.72. The Kier molecular flexibility index (Phi) is 2.72. The standard InChI is InChI=1S/C7H12N4OS/c8-7-9-6(10-13-7)5-11-1-3-12-4-2-11/h1-5H2,(H2,8,9,10). The number of morpholine rings is 1. The van der Waals surface area contributed by atoms with E-state index >= 15 is 0 Å². The van der Waals surface area contributed by atoms with Crippen molar-refractivity contribution in [2.45, 2.75) is 6.54 Å². The van der Waals surface area contributed by atoms with E-state index in [9.17, 15) is 0 Å². The molecule has 2 N–H and O–H groups in total. The van der Waals surface area contributed by atoms with Crippen LogP contribution in [0.5, 0.6) is 0 Å². The van der Waals surface area contributed by atoms with Crippen molar-refractivity contribution in [3.8, 4) is 0 Å². The van der Waals surface area contributed by atoms with Crippen LogP contribution < -0.4 is 5.73 Å². The fraction of sp³-hybridized carbons (Fsp3) is 0.714. The predicted octanol–water partition coefficient (Wildman–Crippen LogP) is -0.0475. The molecule has 1 aliphatic rings. The second kappa shape index (κ2) is 3.99. The number of hydrogen-bond donors (Lipinski definition) is 1. The number of nitrogens with zero attached hydrogens (tertiary/aromatic N) is 3. The summed E-state index contributed by atoms with van der Waals surface area (Å²) in [5, 5.41) is 0.545. The molecule has 0 aliphatic carbocycles. The van der Waals surface area contributed by atoms with Crippen molar-refractivity contribution in [3.05, 3.63) is 5.82 Å². The fourth-order valence-corrected chi connectivity index (χ4v) is 1.73. The lowest BCUT2D eigenvalue weighted by Gasteiger charge is -2.25. The Morgan fingerprint density at radius 3 is 2.85 bits per heavy atom. The zero-order chi connectivity index (χ0) is 9.10. The van der Waals surface area contributed by atoms with E-state index in [1.165, 1.54) is 11.5 Å². The highest BCUT2D eigenvalue weighted by molar-refractivity contribution is 7.09. The van der Waals surface area contributed by atoms with Gasteiger partial charge in [-0.2, -0.15) is 4.37 Å². The highest BCUT2D eigenvalue weighted by Crippen LogP contribution is 2.08. The molecule has 0 aromatic carbocycles. The Bertz CT molecular complexity index is 271. The first kappa shape index (κ1) is 8.86. The maximum atomic E-state index is 5.49. The van der Waals surface area contributed by atoms with Gasteiger partial charge in [-0.3, -0.25) is 4.90 Å². The summed E-state index contributed by atoms with van der Waals surface area (Å²) in [5.74, 6) is 0.824. The Morgan fingerprint density at radius 2 is 2.23 bits per heavy atom. The Labute approximate surface area is 80.7 Å². The first-order chi connectivity index (χ1) is 6.34. The highest BCUT2D eigenvalue weighted by Gasteiger charge is 2.12. The summed E-state index contributed by atoms with van der Waals surface area (Å²) in [6.45, 7) is 4.31. The van der Waals surface area contributed by atoms with Gasteiger partial charge in [0.25, 0.3) is 0 Å². The van der Waals surface area contributed by atoms with E-state index in [1.54, 1.807) is 0 Å². The SMILES string of the molecule is Nc1nc(CN2CCOCC2)ns1. The van der Waals surface area contributed by atoms with Crippen LogP contribution in [0.2, 0.25) is 0 Å². The van der Waals surface area contributed by atoms with Gasteiger partial charge in [-0.25, -0.2) is 4.98 Å². The van der Waals surface area contributed by atoms with Crippen LogP contribution in [0.15, 0.2) is 0 Å². The van der Waals surface area contributed by atoms with Crippen molar-refractivity contribution >= 4 is 16.7 Å². The molecular formula is C7H12N4OS. The molecule has 5 nitrogen and oxygen atoms in total. The van der Waals surface area contributed by atoms with Crippen LogP contribution in [0.1, 0.15) is 5.82 Å². The van der Waals surface area contributed by atoms with E-state index in [2.05, 4.69) is 14.3 Å². The van der Waals surface area contributed by atoms with Crippen LogP contribution in [0.4, 0.5) is 5.13 Å². The van der Waals surface area contributed by atoms with Gasteiger partial charge < -0.3 is 10.5 Å². The molecule has 0 unspecified atom stereocenters. The van der Waals surface area contributed by atoms with Crippen LogP contribution in [0.3, 0.4) is 0 Å². The normalized spacial score (nSPS) is 19.1. The van der Waals surface area contributed by atoms with Crippen molar-refractivity contribution in [1.82, 2.24) is 14.3 Å². The van der Waals surface area contributed by atoms with Gasteiger partial charge >= 0.3 is 0 Å². The van der Waals surface area contributed by atoms with Gasteiger partial charge in [0.15, 0.2) is 11.0 Å². The summed E-state index contributed by atoms with van der Waals surface area (Å²) >= 11 is 1.25. The zero-order valence-corrected chi connectivity index (χ0v) is 8.09. The van der Waals surface area contributed by atoms with Crippen molar-refractivity contribution in [2.75, 3.05) is 32.0 Å². The lowest BCUT2D eigenvalue weighted by atomic mass is 10.4. The average molecular weight is 200 g/mol. The van der Waals surface area contributed by atoms with E-state index in [1.807, 2.05) is 0 Å². The average Bonchev–Trinajstić information content (AvgIpc) is 2.53. The van der Waals surface area contributed by atoms with Gasteiger partial charge in [0, 0.05) is 24.6 Å². The number of aromatic nitrogens is 2. The van der Waals surface area contributed by atoms with Gasteiger partial charge in [-0.15, -0.1) is 0 Å². The molecular weight excluding hydrogens is 188 g/mol. The lowest BCUT2D eigenvalue weighted by Crippen LogP contribution is -2.35. The first-order valence-corrected chi connectivity index (χ1v) is 5.00. The Morgan fingerprint density at radius 1 is 1.46 bits per heavy atom. The molecule has 1 saturated heterocycles. The number of rotatable bonds is 2. The largest absolute Gasteiger partial charge is 0.379 e. The summed E-state index contributed by atoms with van der Waals surface area (Å²) < 4.78 is 9.37. The lowest BCUT2D eigenvalue weighted by molar-refractivity contribution is 0.0332.